The van der Waals surface area contributed by atoms with Gasteiger partial charge in [0, 0.05) is 58.3 Å². The lowest BCUT2D eigenvalue weighted by Crippen LogP contribution is -2.45. The Morgan fingerprint density at radius 3 is 2.93 bits per heavy atom. The molecule has 2 atom stereocenters. The number of hydrogen-bond donors (Lipinski definition) is 3. The number of hydrogen-bond acceptors (Lipinski definition) is 9. The number of likely N-dealkylation sites (tertiary alicyclic amines) is 1. The van der Waals surface area contributed by atoms with Gasteiger partial charge in [-0.25, -0.2) is 19.2 Å². The van der Waals surface area contributed by atoms with Gasteiger partial charge in [0.2, 0.25) is 5.91 Å². The summed E-state index contributed by atoms with van der Waals surface area (Å²) >= 11 is 7.75. The number of rotatable bonds is 10. The predicted octanol–water partition coefficient (Wildman–Crippen LogP) is 4.15. The Bertz CT molecular complexity index is 1400. The molecule has 0 radical (unpaired) electrons. The van der Waals surface area contributed by atoms with Crippen molar-refractivity contribution >= 4 is 47.0 Å². The highest BCUT2D eigenvalue weighted by atomic mass is 35.5. The zero-order valence-corrected chi connectivity index (χ0v) is 23.4. The molecule has 3 heterocycles. The highest BCUT2D eigenvalue weighted by molar-refractivity contribution is 7.11. The zero-order chi connectivity index (χ0) is 29.5. The van der Waals surface area contributed by atoms with Gasteiger partial charge in [0.25, 0.3) is 0 Å². The minimum Gasteiger partial charge on any atom is -0.450 e. The molecular formula is C26H27ClF3N7O3S. The maximum atomic E-state index is 14.0. The van der Waals surface area contributed by atoms with Crippen LogP contribution in [0.5, 0.6) is 0 Å². The predicted molar refractivity (Wildman–Crippen MR) is 149 cm³/mol. The first-order valence-electron chi connectivity index (χ1n) is 12.6. The molecule has 1 aromatic heterocycles. The van der Waals surface area contributed by atoms with Crippen molar-refractivity contribution in [3.05, 3.63) is 74.2 Å². The topological polar surface area (TPSA) is 134 Å². The number of aliphatic imine (C=N–C) groups is 2. The van der Waals surface area contributed by atoms with Crippen molar-refractivity contribution in [2.75, 3.05) is 19.7 Å². The molecule has 1 saturated heterocycles. The van der Waals surface area contributed by atoms with E-state index < -0.39 is 24.5 Å². The van der Waals surface area contributed by atoms with E-state index in [1.54, 1.807) is 23.4 Å². The first-order valence-corrected chi connectivity index (χ1v) is 13.8. The van der Waals surface area contributed by atoms with E-state index in [2.05, 4.69) is 20.6 Å². The standard InChI is InChI=1S/C26H27ClF3N7O3S/c1-2-40-26(39)34-12-15-4-6-20(38)37(15)13-19-21(18(31)7-8-33-25(29)30)22(16-5-3-14(28)11-17(16)27)36-23(35-19)24-32-9-10-41-24/h3,5,7-11,15,22,25H,2,4,6,12-13,31H2,1H3,(H,34,39)(H,35,36)/t15-,22+/m1/s1. The Kier molecular flexibility index (Phi) is 10.00. The third-order valence-electron chi connectivity index (χ3n) is 6.32. The van der Waals surface area contributed by atoms with E-state index in [0.29, 0.717) is 34.1 Å². The van der Waals surface area contributed by atoms with E-state index in [9.17, 15) is 22.8 Å². The fourth-order valence-corrected chi connectivity index (χ4v) is 5.37. The van der Waals surface area contributed by atoms with E-state index in [1.165, 1.54) is 29.5 Å². The largest absolute Gasteiger partial charge is 0.450 e. The summed E-state index contributed by atoms with van der Waals surface area (Å²) in [6.07, 6.45) is 3.81. The Morgan fingerprint density at radius 1 is 1.44 bits per heavy atom. The van der Waals surface area contributed by atoms with Crippen molar-refractivity contribution in [2.24, 2.45) is 15.7 Å². The Morgan fingerprint density at radius 2 is 2.24 bits per heavy atom. The summed E-state index contributed by atoms with van der Waals surface area (Å²) in [6, 6.07) is 2.54. The first-order chi connectivity index (χ1) is 19.7. The van der Waals surface area contributed by atoms with E-state index in [0.717, 1.165) is 12.3 Å². The normalized spacial score (nSPS) is 19.7. The lowest BCUT2D eigenvalue weighted by molar-refractivity contribution is -0.128. The summed E-state index contributed by atoms with van der Waals surface area (Å²) in [7, 11) is 0. The second-order valence-electron chi connectivity index (χ2n) is 8.91. The van der Waals surface area contributed by atoms with Crippen molar-refractivity contribution in [3.8, 4) is 0 Å². The lowest BCUT2D eigenvalue weighted by Gasteiger charge is -2.33. The molecule has 4 rings (SSSR count). The highest BCUT2D eigenvalue weighted by Crippen LogP contribution is 2.38. The highest BCUT2D eigenvalue weighted by Gasteiger charge is 2.36. The van der Waals surface area contributed by atoms with Crippen molar-refractivity contribution in [1.82, 2.24) is 20.5 Å². The summed E-state index contributed by atoms with van der Waals surface area (Å²) in [5.41, 5.74) is 7.60. The van der Waals surface area contributed by atoms with Crippen molar-refractivity contribution in [1.29, 1.82) is 0 Å². The van der Waals surface area contributed by atoms with Gasteiger partial charge >= 0.3 is 12.6 Å². The molecule has 15 heteroatoms. The van der Waals surface area contributed by atoms with Gasteiger partial charge in [-0.1, -0.05) is 17.7 Å². The van der Waals surface area contributed by atoms with Gasteiger partial charge < -0.3 is 26.0 Å². The van der Waals surface area contributed by atoms with Gasteiger partial charge in [-0.2, -0.15) is 8.78 Å². The van der Waals surface area contributed by atoms with Crippen LogP contribution in [0.1, 0.15) is 36.4 Å². The number of nitrogens with two attached hydrogens (primary N) is 1. The van der Waals surface area contributed by atoms with Crippen LogP contribution in [0.25, 0.3) is 0 Å². The molecule has 218 valence electrons. The van der Waals surface area contributed by atoms with Crippen LogP contribution < -0.4 is 16.4 Å². The molecule has 10 nitrogen and oxygen atoms in total. The molecular weight excluding hydrogens is 583 g/mol. The Balaban J connectivity index is 1.80. The number of benzene rings is 1. The van der Waals surface area contributed by atoms with E-state index in [-0.39, 0.29) is 48.8 Å². The number of halogens is 4. The van der Waals surface area contributed by atoms with Gasteiger partial charge in [0.15, 0.2) is 10.8 Å². The van der Waals surface area contributed by atoms with Gasteiger partial charge in [0.1, 0.15) is 11.9 Å². The molecule has 4 N–H and O–H groups in total. The molecule has 0 unspecified atom stereocenters. The van der Waals surface area contributed by atoms with Crippen LogP contribution in [-0.4, -0.2) is 66.2 Å². The average Bonchev–Trinajstić information content (AvgIpc) is 3.58. The van der Waals surface area contributed by atoms with Gasteiger partial charge in [0.05, 0.1) is 19.2 Å². The summed E-state index contributed by atoms with van der Waals surface area (Å²) in [4.78, 5) is 38.6. The maximum Gasteiger partial charge on any atom is 0.407 e. The van der Waals surface area contributed by atoms with E-state index in [4.69, 9.17) is 27.1 Å². The lowest BCUT2D eigenvalue weighted by atomic mass is 9.92. The van der Waals surface area contributed by atoms with Crippen LogP contribution in [0.3, 0.4) is 0 Å². The van der Waals surface area contributed by atoms with Crippen LogP contribution in [0, 0.1) is 5.82 Å². The van der Waals surface area contributed by atoms with Crippen LogP contribution in [-0.2, 0) is 9.53 Å². The molecule has 0 aliphatic carbocycles. The molecule has 1 fully saturated rings. The maximum absolute atomic E-state index is 14.0. The second-order valence-corrected chi connectivity index (χ2v) is 10.2. The molecule has 2 amide bonds. The van der Waals surface area contributed by atoms with Crippen molar-refractivity contribution in [3.63, 3.8) is 0 Å². The summed E-state index contributed by atoms with van der Waals surface area (Å²) in [5, 5.41) is 8.23. The second kappa shape index (κ2) is 13.6. The van der Waals surface area contributed by atoms with E-state index in [1.807, 2.05) is 0 Å². The van der Waals surface area contributed by atoms with Gasteiger partial charge in [-0.15, -0.1) is 11.3 Å². The van der Waals surface area contributed by atoms with Gasteiger partial charge in [-0.05, 0) is 31.6 Å². The zero-order valence-electron chi connectivity index (χ0n) is 21.8. The number of thiazole rings is 1. The number of amides is 2. The minimum atomic E-state index is -2.94. The molecule has 1 aromatic carbocycles. The van der Waals surface area contributed by atoms with Crippen LogP contribution in [0.15, 0.2) is 62.8 Å². The first kappa shape index (κ1) is 30.1. The number of nitrogens with zero attached hydrogens (tertiary/aromatic N) is 4. The average molecular weight is 610 g/mol. The number of nitrogens with one attached hydrogen (secondary N) is 2. The number of alkyl halides is 2. The molecule has 0 saturated carbocycles. The van der Waals surface area contributed by atoms with E-state index >= 15 is 0 Å². The monoisotopic (exact) mass is 609 g/mol. The Hall–Kier alpha value is -3.91. The van der Waals surface area contributed by atoms with Crippen LogP contribution >= 0.6 is 22.9 Å². The SMILES string of the molecule is CCOC(=O)NC[C@H]1CCC(=O)N1CC1=C(C(N)=CC=NC(F)F)[C@H](c2ccc(F)cc2Cl)N=C(c2nccs2)N1. The molecule has 2 aromatic rings. The third-order valence-corrected chi connectivity index (χ3v) is 7.43. The molecule has 41 heavy (non-hydrogen) atoms. The number of amidine groups is 1. The number of ether oxygens (including phenoxy) is 1. The van der Waals surface area contributed by atoms with Crippen molar-refractivity contribution in [2.45, 2.75) is 38.4 Å². The molecule has 0 spiro atoms. The van der Waals surface area contributed by atoms with Crippen molar-refractivity contribution < 1.29 is 27.5 Å². The summed E-state index contributed by atoms with van der Waals surface area (Å²) < 4.78 is 44.3. The molecule has 0 bridgehead atoms. The Labute approximate surface area is 242 Å². The summed E-state index contributed by atoms with van der Waals surface area (Å²) in [6.45, 7) is -0.901. The smallest absolute Gasteiger partial charge is 0.407 e. The van der Waals surface area contributed by atoms with Gasteiger partial charge in [-0.3, -0.25) is 9.79 Å². The fourth-order valence-electron chi connectivity index (χ4n) is 4.51. The molecule has 2 aliphatic rings. The number of carbonyl (C=O) groups is 2. The number of aromatic nitrogens is 1. The van der Waals surface area contributed by atoms with Crippen LogP contribution in [0.2, 0.25) is 5.02 Å². The number of carbonyl (C=O) groups excluding carboxylic acids is 2. The quantitative estimate of drug-likeness (QED) is 0.274. The number of alkyl carbamates (subject to hydrolysis) is 1. The van der Waals surface area contributed by atoms with Crippen LogP contribution in [0.4, 0.5) is 18.0 Å². The fraction of sp³-hybridized carbons (Fsp3) is 0.346. The number of allylic oxidation sites excluding steroid dienone is 1. The third kappa shape index (κ3) is 7.44. The minimum absolute atomic E-state index is 0.00355. The summed E-state index contributed by atoms with van der Waals surface area (Å²) in [5.74, 6) is -0.369. The molecule has 2 aliphatic heterocycles.